The van der Waals surface area contributed by atoms with Crippen molar-refractivity contribution in [1.82, 2.24) is 4.90 Å². The van der Waals surface area contributed by atoms with Gasteiger partial charge >= 0.3 is 0 Å². The Morgan fingerprint density at radius 3 is 2.12 bits per heavy atom. The topological polar surface area (TPSA) is 63.9 Å². The summed E-state index contributed by atoms with van der Waals surface area (Å²) in [6.07, 6.45) is 1.00. The average Bonchev–Trinajstić information content (AvgIpc) is 3.18. The van der Waals surface area contributed by atoms with Crippen LogP contribution in [0.4, 0.5) is 0 Å². The van der Waals surface area contributed by atoms with Gasteiger partial charge in [-0.25, -0.2) is 0 Å². The smallest absolute Gasteiger partial charge is 0.115 e. The maximum atomic E-state index is 11.1. The Morgan fingerprint density at radius 2 is 1.54 bits per heavy atom. The number of rotatable bonds is 4. The molecule has 2 aliphatic rings. The van der Waals surface area contributed by atoms with Crippen LogP contribution in [0.2, 0.25) is 0 Å². The third kappa shape index (κ3) is 3.13. The standard InChI is InChI=1S/C22H27NO3/c1-15(21(25)16-7-9-20(24)10-8-16)23-13-17-11-22(26,12-18(17)14-23)19-5-3-2-4-6-19/h2-10,15,17-18,21,24-26H,11-14H2,1H3/t15?,17-,18+,21?,22-. The molecule has 2 aromatic carbocycles. The Morgan fingerprint density at radius 1 is 0.962 bits per heavy atom. The molecule has 0 radical (unpaired) electrons. The lowest BCUT2D eigenvalue weighted by atomic mass is 9.90. The predicted octanol–water partition coefficient (Wildman–Crippen LogP) is 3.04. The van der Waals surface area contributed by atoms with Gasteiger partial charge in [-0.1, -0.05) is 42.5 Å². The minimum absolute atomic E-state index is 0.00922. The number of aliphatic hydroxyl groups excluding tert-OH is 1. The van der Waals surface area contributed by atoms with Gasteiger partial charge in [0.05, 0.1) is 11.7 Å². The van der Waals surface area contributed by atoms with Gasteiger partial charge in [0, 0.05) is 19.1 Å². The lowest BCUT2D eigenvalue weighted by Crippen LogP contribution is -2.37. The van der Waals surface area contributed by atoms with E-state index < -0.39 is 11.7 Å². The van der Waals surface area contributed by atoms with E-state index in [1.165, 1.54) is 0 Å². The highest BCUT2D eigenvalue weighted by Gasteiger charge is 2.50. The molecule has 1 aliphatic carbocycles. The highest BCUT2D eigenvalue weighted by molar-refractivity contribution is 5.28. The van der Waals surface area contributed by atoms with E-state index in [4.69, 9.17) is 0 Å². The van der Waals surface area contributed by atoms with Crippen LogP contribution in [-0.2, 0) is 5.60 Å². The Labute approximate surface area is 154 Å². The van der Waals surface area contributed by atoms with Crippen molar-refractivity contribution in [3.8, 4) is 5.75 Å². The summed E-state index contributed by atoms with van der Waals surface area (Å²) >= 11 is 0. The van der Waals surface area contributed by atoms with E-state index in [-0.39, 0.29) is 11.8 Å². The van der Waals surface area contributed by atoms with Crippen LogP contribution in [0.1, 0.15) is 37.0 Å². The average molecular weight is 353 g/mol. The van der Waals surface area contributed by atoms with Crippen molar-refractivity contribution in [2.45, 2.75) is 37.5 Å². The molecule has 138 valence electrons. The summed E-state index contributed by atoms with van der Waals surface area (Å²) in [6, 6.07) is 16.8. The first kappa shape index (κ1) is 17.5. The maximum Gasteiger partial charge on any atom is 0.115 e. The number of aliphatic hydroxyl groups is 2. The SMILES string of the molecule is CC(C(O)c1ccc(O)cc1)N1C[C@@H]2C[C@@](O)(c3ccccc3)C[C@@H]2C1. The summed E-state index contributed by atoms with van der Waals surface area (Å²) in [5.41, 5.74) is 1.15. The summed E-state index contributed by atoms with van der Waals surface area (Å²) < 4.78 is 0. The molecule has 2 fully saturated rings. The first-order valence-electron chi connectivity index (χ1n) is 9.45. The molecule has 26 heavy (non-hydrogen) atoms. The number of aromatic hydroxyl groups is 1. The summed E-state index contributed by atoms with van der Waals surface area (Å²) in [5, 5.41) is 31.3. The number of benzene rings is 2. The number of phenols is 1. The largest absolute Gasteiger partial charge is 0.508 e. The third-order valence-corrected chi connectivity index (χ3v) is 6.38. The number of nitrogens with zero attached hydrogens (tertiary/aromatic N) is 1. The lowest BCUT2D eigenvalue weighted by molar-refractivity contribution is 0.0211. The van der Waals surface area contributed by atoms with E-state index in [9.17, 15) is 15.3 Å². The van der Waals surface area contributed by atoms with Crippen LogP contribution in [0.15, 0.2) is 54.6 Å². The van der Waals surface area contributed by atoms with Gasteiger partial charge in [0.1, 0.15) is 5.75 Å². The quantitative estimate of drug-likeness (QED) is 0.791. The predicted molar refractivity (Wildman–Crippen MR) is 101 cm³/mol. The molecule has 0 aromatic heterocycles. The van der Waals surface area contributed by atoms with Gasteiger partial charge in [-0.2, -0.15) is 0 Å². The van der Waals surface area contributed by atoms with Crippen molar-refractivity contribution in [2.75, 3.05) is 13.1 Å². The Kier molecular flexibility index (Phi) is 4.51. The Bertz CT molecular complexity index is 732. The number of hydrogen-bond donors (Lipinski definition) is 3. The first-order chi connectivity index (χ1) is 12.5. The van der Waals surface area contributed by atoms with E-state index in [1.54, 1.807) is 24.3 Å². The molecule has 1 heterocycles. The zero-order valence-corrected chi connectivity index (χ0v) is 15.1. The van der Waals surface area contributed by atoms with Crippen LogP contribution in [0, 0.1) is 11.8 Å². The van der Waals surface area contributed by atoms with Gasteiger partial charge in [-0.3, -0.25) is 4.90 Å². The molecule has 0 amide bonds. The van der Waals surface area contributed by atoms with Gasteiger partial charge in [0.15, 0.2) is 0 Å². The van der Waals surface area contributed by atoms with Crippen LogP contribution >= 0.6 is 0 Å². The minimum Gasteiger partial charge on any atom is -0.508 e. The number of likely N-dealkylation sites (tertiary alicyclic amines) is 1. The molecule has 2 unspecified atom stereocenters. The van der Waals surface area contributed by atoms with Crippen LogP contribution in [-0.4, -0.2) is 39.4 Å². The van der Waals surface area contributed by atoms with Crippen molar-refractivity contribution < 1.29 is 15.3 Å². The summed E-state index contributed by atoms with van der Waals surface area (Å²) in [5.74, 6) is 1.15. The number of phenolic OH excluding ortho intramolecular Hbond substituents is 1. The van der Waals surface area contributed by atoms with Crippen LogP contribution in [0.25, 0.3) is 0 Å². The third-order valence-electron chi connectivity index (χ3n) is 6.38. The van der Waals surface area contributed by atoms with Gasteiger partial charge in [-0.05, 0) is 54.9 Å². The molecule has 4 heteroatoms. The van der Waals surface area contributed by atoms with Crippen molar-refractivity contribution >= 4 is 0 Å². The van der Waals surface area contributed by atoms with Crippen molar-refractivity contribution in [1.29, 1.82) is 0 Å². The molecule has 2 aromatic rings. The van der Waals surface area contributed by atoms with Crippen LogP contribution < -0.4 is 0 Å². The minimum atomic E-state index is -0.707. The maximum absolute atomic E-state index is 11.1. The second kappa shape index (κ2) is 6.69. The second-order valence-electron chi connectivity index (χ2n) is 8.06. The van der Waals surface area contributed by atoms with Crippen LogP contribution in [0.5, 0.6) is 5.75 Å². The van der Waals surface area contributed by atoms with E-state index in [0.717, 1.165) is 37.1 Å². The van der Waals surface area contributed by atoms with E-state index in [0.29, 0.717) is 11.8 Å². The van der Waals surface area contributed by atoms with Crippen molar-refractivity contribution in [3.05, 3.63) is 65.7 Å². The van der Waals surface area contributed by atoms with E-state index in [2.05, 4.69) is 11.8 Å². The number of hydrogen-bond acceptors (Lipinski definition) is 4. The molecule has 1 aliphatic heterocycles. The molecule has 5 atom stereocenters. The monoisotopic (exact) mass is 353 g/mol. The zero-order chi connectivity index (χ0) is 18.3. The fraction of sp³-hybridized carbons (Fsp3) is 0.455. The van der Waals surface area contributed by atoms with Gasteiger partial charge < -0.3 is 15.3 Å². The first-order valence-corrected chi connectivity index (χ1v) is 9.45. The molecule has 0 spiro atoms. The van der Waals surface area contributed by atoms with E-state index >= 15 is 0 Å². The molecule has 3 N–H and O–H groups in total. The van der Waals surface area contributed by atoms with Gasteiger partial charge in [0.2, 0.25) is 0 Å². The van der Waals surface area contributed by atoms with Gasteiger partial charge in [0.25, 0.3) is 0 Å². The second-order valence-corrected chi connectivity index (χ2v) is 8.06. The lowest BCUT2D eigenvalue weighted by Gasteiger charge is -2.31. The summed E-state index contributed by atoms with van der Waals surface area (Å²) in [7, 11) is 0. The number of fused-ring (bicyclic) bond motifs is 1. The molecular formula is C22H27NO3. The fourth-order valence-corrected chi connectivity index (χ4v) is 4.85. The molecule has 0 bridgehead atoms. The summed E-state index contributed by atoms with van der Waals surface area (Å²) in [4.78, 5) is 2.34. The van der Waals surface area contributed by atoms with E-state index in [1.807, 2.05) is 30.3 Å². The molecule has 4 rings (SSSR count). The van der Waals surface area contributed by atoms with Gasteiger partial charge in [-0.15, -0.1) is 0 Å². The van der Waals surface area contributed by atoms with Crippen LogP contribution in [0.3, 0.4) is 0 Å². The highest BCUT2D eigenvalue weighted by Crippen LogP contribution is 2.49. The Hall–Kier alpha value is -1.88. The molecular weight excluding hydrogens is 326 g/mol. The van der Waals surface area contributed by atoms with Crippen molar-refractivity contribution in [3.63, 3.8) is 0 Å². The summed E-state index contributed by atoms with van der Waals surface area (Å²) in [6.45, 7) is 3.88. The zero-order valence-electron chi connectivity index (χ0n) is 15.1. The molecule has 1 saturated heterocycles. The fourth-order valence-electron chi connectivity index (χ4n) is 4.85. The van der Waals surface area contributed by atoms with Crippen molar-refractivity contribution in [2.24, 2.45) is 11.8 Å². The molecule has 4 nitrogen and oxygen atoms in total. The highest BCUT2D eigenvalue weighted by atomic mass is 16.3. The Balaban J connectivity index is 1.42. The normalized spacial score (nSPS) is 30.9. The molecule has 1 saturated carbocycles.